The zero-order valence-electron chi connectivity index (χ0n) is 19.7. The molecule has 2 aromatic carbocycles. The van der Waals surface area contributed by atoms with Gasteiger partial charge in [-0.1, -0.05) is 12.1 Å². The zero-order valence-corrected chi connectivity index (χ0v) is 19.7. The topological polar surface area (TPSA) is 108 Å². The number of anilines is 2. The molecule has 0 aliphatic carbocycles. The number of esters is 1. The van der Waals surface area contributed by atoms with Crippen LogP contribution in [0.15, 0.2) is 54.6 Å². The summed E-state index contributed by atoms with van der Waals surface area (Å²) >= 11 is 0. The third-order valence-electron chi connectivity index (χ3n) is 6.20. The number of rotatable bonds is 6. The van der Waals surface area contributed by atoms with Crippen molar-refractivity contribution in [2.45, 2.75) is 0 Å². The van der Waals surface area contributed by atoms with E-state index in [1.807, 2.05) is 55.6 Å². The van der Waals surface area contributed by atoms with Crippen LogP contribution in [0.2, 0.25) is 0 Å². The molecule has 4 aromatic rings. The second kappa shape index (κ2) is 9.59. The lowest BCUT2D eigenvalue weighted by Gasteiger charge is -2.35. The molecule has 5 rings (SSSR count). The number of carbonyl (C=O) groups is 2. The number of benzene rings is 2. The second-order valence-electron chi connectivity index (χ2n) is 8.48. The number of imidazole rings is 1. The number of aryl methyl sites for hydroxylation is 1. The molecule has 0 bridgehead atoms. The van der Waals surface area contributed by atoms with Crippen molar-refractivity contribution in [2.75, 3.05) is 50.1 Å². The van der Waals surface area contributed by atoms with Crippen LogP contribution >= 0.6 is 0 Å². The number of methoxy groups -OCH3 is 1. The van der Waals surface area contributed by atoms with Gasteiger partial charge in [0.1, 0.15) is 5.69 Å². The quantitative estimate of drug-likeness (QED) is 0.414. The molecule has 3 heterocycles. The maximum Gasteiger partial charge on any atom is 0.319 e. The molecule has 2 aromatic heterocycles. The summed E-state index contributed by atoms with van der Waals surface area (Å²) in [5.41, 5.74) is 4.19. The standard InChI is InChI=1S/C25H27N7O3/c1-30-21(24-26-19-5-3-4-6-20(19)27-24)15-22(29-30)28-25(34)17-7-9-18(10-8-17)32-13-11-31(12-14-32)16-23(33)35-2/h3-10,15H,11-14,16H2,1-2H3,(H,26,27)(H,28,29,34). The summed E-state index contributed by atoms with van der Waals surface area (Å²) in [7, 11) is 3.22. The van der Waals surface area contributed by atoms with Crippen LogP contribution in [0.5, 0.6) is 0 Å². The first-order valence-electron chi connectivity index (χ1n) is 11.4. The minimum atomic E-state index is -0.228. The molecule has 35 heavy (non-hydrogen) atoms. The van der Waals surface area contributed by atoms with Gasteiger partial charge in [-0.3, -0.25) is 19.2 Å². The van der Waals surface area contributed by atoms with Gasteiger partial charge >= 0.3 is 5.97 Å². The van der Waals surface area contributed by atoms with Gasteiger partial charge in [0.2, 0.25) is 0 Å². The van der Waals surface area contributed by atoms with Crippen LogP contribution < -0.4 is 10.2 Å². The van der Waals surface area contributed by atoms with Gasteiger partial charge in [-0.25, -0.2) is 4.98 Å². The van der Waals surface area contributed by atoms with Crippen molar-refractivity contribution in [3.05, 3.63) is 60.2 Å². The number of aromatic nitrogens is 4. The third kappa shape index (κ3) is 4.87. The van der Waals surface area contributed by atoms with Crippen LogP contribution in [0.3, 0.4) is 0 Å². The van der Waals surface area contributed by atoms with Crippen molar-refractivity contribution in [3.63, 3.8) is 0 Å². The molecule has 1 saturated heterocycles. The largest absolute Gasteiger partial charge is 0.468 e. The Labute approximate surface area is 202 Å². The third-order valence-corrected chi connectivity index (χ3v) is 6.20. The number of nitrogens with one attached hydrogen (secondary N) is 2. The first-order valence-corrected chi connectivity index (χ1v) is 11.4. The summed E-state index contributed by atoms with van der Waals surface area (Å²) in [6.45, 7) is 3.49. The predicted molar refractivity (Wildman–Crippen MR) is 133 cm³/mol. The summed E-state index contributed by atoms with van der Waals surface area (Å²) in [6, 6.07) is 17.1. The van der Waals surface area contributed by atoms with E-state index in [4.69, 9.17) is 4.74 Å². The van der Waals surface area contributed by atoms with E-state index in [-0.39, 0.29) is 11.9 Å². The Balaban J connectivity index is 1.22. The Bertz CT molecular complexity index is 1320. The van der Waals surface area contributed by atoms with Crippen molar-refractivity contribution in [1.82, 2.24) is 24.6 Å². The second-order valence-corrected chi connectivity index (χ2v) is 8.48. The number of amides is 1. The first kappa shape index (κ1) is 22.6. The van der Waals surface area contributed by atoms with Gasteiger partial charge in [-0.05, 0) is 36.4 Å². The molecule has 0 atom stereocenters. The molecule has 1 fully saturated rings. The molecule has 0 radical (unpaired) electrons. The number of piperazine rings is 1. The minimum Gasteiger partial charge on any atom is -0.468 e. The molecule has 0 saturated carbocycles. The smallest absolute Gasteiger partial charge is 0.319 e. The molecule has 10 nitrogen and oxygen atoms in total. The number of para-hydroxylation sites is 2. The summed E-state index contributed by atoms with van der Waals surface area (Å²) in [4.78, 5) is 36.5. The number of H-pyrrole nitrogens is 1. The van der Waals surface area contributed by atoms with E-state index >= 15 is 0 Å². The van der Waals surface area contributed by atoms with Gasteiger partial charge in [0.15, 0.2) is 11.6 Å². The van der Waals surface area contributed by atoms with E-state index < -0.39 is 0 Å². The molecule has 1 aliphatic heterocycles. The Morgan fingerprint density at radius 1 is 1.06 bits per heavy atom. The Morgan fingerprint density at radius 3 is 2.51 bits per heavy atom. The number of carbonyl (C=O) groups excluding carboxylic acids is 2. The fourth-order valence-corrected chi connectivity index (χ4v) is 4.25. The zero-order chi connectivity index (χ0) is 24.4. The van der Waals surface area contributed by atoms with Gasteiger partial charge in [0.25, 0.3) is 5.91 Å². The molecule has 1 amide bonds. The van der Waals surface area contributed by atoms with Crippen molar-refractivity contribution < 1.29 is 14.3 Å². The summed E-state index contributed by atoms with van der Waals surface area (Å²) in [5, 5.41) is 7.30. The Kier molecular flexibility index (Phi) is 6.19. The summed E-state index contributed by atoms with van der Waals surface area (Å²) in [5.74, 6) is 0.705. The molecular weight excluding hydrogens is 446 g/mol. The van der Waals surface area contributed by atoms with Gasteiger partial charge in [-0.2, -0.15) is 5.10 Å². The van der Waals surface area contributed by atoms with E-state index in [9.17, 15) is 9.59 Å². The van der Waals surface area contributed by atoms with Gasteiger partial charge in [0.05, 0.1) is 24.7 Å². The molecular formula is C25H27N7O3. The highest BCUT2D eigenvalue weighted by atomic mass is 16.5. The Morgan fingerprint density at radius 2 is 1.80 bits per heavy atom. The highest BCUT2D eigenvalue weighted by molar-refractivity contribution is 6.04. The monoisotopic (exact) mass is 473 g/mol. The van der Waals surface area contributed by atoms with Gasteiger partial charge in [0, 0.05) is 50.5 Å². The summed E-state index contributed by atoms with van der Waals surface area (Å²) < 4.78 is 6.43. The van der Waals surface area contributed by atoms with Crippen molar-refractivity contribution >= 4 is 34.4 Å². The lowest BCUT2D eigenvalue weighted by Crippen LogP contribution is -2.48. The van der Waals surface area contributed by atoms with Crippen LogP contribution in [0, 0.1) is 0 Å². The predicted octanol–water partition coefficient (Wildman–Crippen LogP) is 2.51. The minimum absolute atomic E-state index is 0.216. The van der Waals surface area contributed by atoms with Crippen LogP contribution in [0.1, 0.15) is 10.4 Å². The number of ether oxygens (including phenoxy) is 1. The SMILES string of the molecule is COC(=O)CN1CCN(c2ccc(C(=O)Nc3cc(-c4nc5ccccc5[nH]4)n(C)n3)cc2)CC1. The lowest BCUT2D eigenvalue weighted by atomic mass is 10.1. The lowest BCUT2D eigenvalue weighted by molar-refractivity contribution is -0.142. The van der Waals surface area contributed by atoms with Crippen LogP contribution in [-0.2, 0) is 16.6 Å². The van der Waals surface area contributed by atoms with E-state index in [2.05, 4.69) is 30.2 Å². The number of nitrogens with zero attached hydrogens (tertiary/aromatic N) is 5. The number of fused-ring (bicyclic) bond motifs is 1. The van der Waals surface area contributed by atoms with Crippen molar-refractivity contribution in [2.24, 2.45) is 7.05 Å². The van der Waals surface area contributed by atoms with Crippen molar-refractivity contribution in [1.29, 1.82) is 0 Å². The van der Waals surface area contributed by atoms with E-state index in [1.54, 1.807) is 10.7 Å². The van der Waals surface area contributed by atoms with Gasteiger partial charge in [-0.15, -0.1) is 0 Å². The fraction of sp³-hybridized carbons (Fsp3) is 0.280. The molecule has 1 aliphatic rings. The van der Waals surface area contributed by atoms with Crippen LogP contribution in [0.4, 0.5) is 11.5 Å². The first-order chi connectivity index (χ1) is 17.0. The van der Waals surface area contributed by atoms with Crippen LogP contribution in [-0.4, -0.2) is 76.4 Å². The summed E-state index contributed by atoms with van der Waals surface area (Å²) in [6.07, 6.45) is 0. The number of hydrogen-bond acceptors (Lipinski definition) is 7. The molecule has 2 N–H and O–H groups in total. The number of aromatic amines is 1. The Hall–Kier alpha value is -4.18. The van der Waals surface area contributed by atoms with E-state index in [0.717, 1.165) is 48.6 Å². The number of hydrogen-bond donors (Lipinski definition) is 2. The van der Waals surface area contributed by atoms with E-state index in [1.165, 1.54) is 7.11 Å². The molecule has 0 spiro atoms. The molecule has 10 heteroatoms. The maximum atomic E-state index is 12.8. The van der Waals surface area contributed by atoms with Crippen LogP contribution in [0.25, 0.3) is 22.6 Å². The van der Waals surface area contributed by atoms with Gasteiger partial charge < -0.3 is 19.9 Å². The van der Waals surface area contributed by atoms with Crippen molar-refractivity contribution in [3.8, 4) is 11.5 Å². The maximum absolute atomic E-state index is 12.8. The highest BCUT2D eigenvalue weighted by Crippen LogP contribution is 2.23. The average molecular weight is 474 g/mol. The van der Waals surface area contributed by atoms with E-state index in [0.29, 0.717) is 23.8 Å². The normalized spacial score (nSPS) is 14.3. The average Bonchev–Trinajstić information content (AvgIpc) is 3.47. The highest BCUT2D eigenvalue weighted by Gasteiger charge is 2.20. The molecule has 0 unspecified atom stereocenters. The molecule has 180 valence electrons. The fourth-order valence-electron chi connectivity index (χ4n) is 4.25.